The van der Waals surface area contributed by atoms with Crippen LogP contribution in [0.2, 0.25) is 0 Å². The summed E-state index contributed by atoms with van der Waals surface area (Å²) in [6, 6.07) is 13.1. The minimum atomic E-state index is -4.56. The van der Waals surface area contributed by atoms with Crippen molar-refractivity contribution < 1.29 is 22.7 Å². The molecule has 3 heterocycles. The molecule has 2 aromatic carbocycles. The van der Waals surface area contributed by atoms with Crippen LogP contribution in [0, 0.1) is 5.82 Å². The van der Waals surface area contributed by atoms with Crippen molar-refractivity contribution >= 4 is 29.4 Å². The van der Waals surface area contributed by atoms with Crippen LogP contribution >= 0.6 is 0 Å². The van der Waals surface area contributed by atoms with Crippen molar-refractivity contribution in [2.24, 2.45) is 5.10 Å². The maximum Gasteiger partial charge on any atom is 0.416 e. The molecule has 1 aliphatic rings. The lowest BCUT2D eigenvalue weighted by Gasteiger charge is -2.27. The molecule has 0 aliphatic carbocycles. The number of anilines is 4. The first-order valence-electron chi connectivity index (χ1n) is 13.5. The molecule has 0 unspecified atom stereocenters. The fraction of sp³-hybridized carbons (Fsp3) is 0.267. The standard InChI is InChI=1S/C30H29F4N7O/c1-2-26-27(38-23-14-20(13-21(16-23)30(32,33)34)19-7-6-8-24(42)15-19)10-9-22(37-26)17-36-40-29-35-18-25(31)28(39-29)41-11-4-3-5-12-41/h6-10,13-18,38,42H,2-5,11-12H2,1H3,(H,35,39,40)/b36-17+. The van der Waals surface area contributed by atoms with E-state index < -0.39 is 17.6 Å². The first-order valence-corrected chi connectivity index (χ1v) is 13.5. The number of benzene rings is 2. The van der Waals surface area contributed by atoms with Crippen molar-refractivity contribution in [3.05, 3.63) is 83.6 Å². The third-order valence-corrected chi connectivity index (χ3v) is 6.79. The second kappa shape index (κ2) is 12.4. The zero-order valence-electron chi connectivity index (χ0n) is 22.8. The van der Waals surface area contributed by atoms with Crippen LogP contribution in [0.1, 0.15) is 43.1 Å². The second-order valence-corrected chi connectivity index (χ2v) is 9.84. The van der Waals surface area contributed by atoms with Gasteiger partial charge in [-0.05, 0) is 79.3 Å². The predicted molar refractivity (Wildman–Crippen MR) is 155 cm³/mol. The number of aromatic hydroxyl groups is 1. The van der Waals surface area contributed by atoms with Crippen molar-refractivity contribution in [1.29, 1.82) is 0 Å². The highest BCUT2D eigenvalue weighted by atomic mass is 19.4. The molecule has 12 heteroatoms. The van der Waals surface area contributed by atoms with E-state index in [9.17, 15) is 22.7 Å². The van der Waals surface area contributed by atoms with Crippen molar-refractivity contribution in [3.63, 3.8) is 0 Å². The number of nitrogens with zero attached hydrogens (tertiary/aromatic N) is 5. The number of phenolic OH excluding ortho intramolecular Hbond substituents is 1. The van der Waals surface area contributed by atoms with Crippen LogP contribution in [-0.2, 0) is 12.6 Å². The lowest BCUT2D eigenvalue weighted by atomic mass is 10.0. The summed E-state index contributed by atoms with van der Waals surface area (Å²) in [5.74, 6) is -0.143. The normalized spacial score (nSPS) is 13.9. The predicted octanol–water partition coefficient (Wildman–Crippen LogP) is 7.14. The van der Waals surface area contributed by atoms with Crippen LogP contribution in [0.5, 0.6) is 5.75 Å². The first kappa shape index (κ1) is 28.8. The molecule has 0 atom stereocenters. The summed E-state index contributed by atoms with van der Waals surface area (Å²) in [5, 5.41) is 17.0. The van der Waals surface area contributed by atoms with Crippen molar-refractivity contribution in [3.8, 4) is 16.9 Å². The SMILES string of the molecule is CCc1nc(/C=N/Nc2ncc(F)c(N3CCCCC3)n2)ccc1Nc1cc(-c2cccc(O)c2)cc(C(F)(F)F)c1. The summed E-state index contributed by atoms with van der Waals surface area (Å²) in [6.07, 6.45) is 1.57. The van der Waals surface area contributed by atoms with Gasteiger partial charge in [0.2, 0.25) is 5.95 Å². The van der Waals surface area contributed by atoms with Crippen LogP contribution in [0.4, 0.5) is 40.7 Å². The Bertz CT molecular complexity index is 1590. The van der Waals surface area contributed by atoms with Gasteiger partial charge >= 0.3 is 6.18 Å². The molecule has 0 saturated carbocycles. The highest BCUT2D eigenvalue weighted by Crippen LogP contribution is 2.36. The number of halogens is 4. The maximum absolute atomic E-state index is 14.3. The molecule has 5 rings (SSSR count). The van der Waals surface area contributed by atoms with Crippen LogP contribution in [0.3, 0.4) is 0 Å². The van der Waals surface area contributed by atoms with Gasteiger partial charge in [-0.1, -0.05) is 19.1 Å². The molecule has 0 radical (unpaired) electrons. The number of aryl methyl sites for hydroxylation is 1. The Hall–Kier alpha value is -4.74. The fourth-order valence-corrected chi connectivity index (χ4v) is 4.74. The number of pyridine rings is 1. The van der Waals surface area contributed by atoms with Gasteiger partial charge in [-0.2, -0.15) is 23.3 Å². The molecule has 42 heavy (non-hydrogen) atoms. The molecule has 0 amide bonds. The Morgan fingerprint density at radius 3 is 2.55 bits per heavy atom. The Labute approximate surface area is 240 Å². The number of hydrazone groups is 1. The Morgan fingerprint density at radius 2 is 1.81 bits per heavy atom. The molecule has 1 saturated heterocycles. The van der Waals surface area contributed by atoms with Crippen molar-refractivity contribution in [1.82, 2.24) is 15.0 Å². The van der Waals surface area contributed by atoms with Gasteiger partial charge in [-0.3, -0.25) is 0 Å². The average molecular weight is 580 g/mol. The summed E-state index contributed by atoms with van der Waals surface area (Å²) in [4.78, 5) is 14.7. The van der Waals surface area contributed by atoms with E-state index in [2.05, 4.69) is 30.8 Å². The molecule has 218 valence electrons. The first-order chi connectivity index (χ1) is 20.2. The van der Waals surface area contributed by atoms with Gasteiger partial charge in [-0.15, -0.1) is 0 Å². The van der Waals surface area contributed by atoms with Gasteiger partial charge in [0.15, 0.2) is 11.6 Å². The Kier molecular flexibility index (Phi) is 8.51. The van der Waals surface area contributed by atoms with E-state index in [0.29, 0.717) is 34.6 Å². The van der Waals surface area contributed by atoms with E-state index in [1.807, 2.05) is 11.8 Å². The van der Waals surface area contributed by atoms with E-state index >= 15 is 0 Å². The zero-order valence-corrected chi connectivity index (χ0v) is 22.8. The van der Waals surface area contributed by atoms with Crippen LogP contribution in [-0.4, -0.2) is 39.4 Å². The highest BCUT2D eigenvalue weighted by molar-refractivity contribution is 5.79. The monoisotopic (exact) mass is 579 g/mol. The van der Waals surface area contributed by atoms with E-state index in [1.165, 1.54) is 18.3 Å². The molecule has 2 aromatic heterocycles. The maximum atomic E-state index is 14.3. The smallest absolute Gasteiger partial charge is 0.416 e. The third-order valence-electron chi connectivity index (χ3n) is 6.79. The van der Waals surface area contributed by atoms with Crippen molar-refractivity contribution in [2.75, 3.05) is 28.7 Å². The minimum Gasteiger partial charge on any atom is -0.508 e. The lowest BCUT2D eigenvalue weighted by molar-refractivity contribution is -0.137. The van der Waals surface area contributed by atoms with Gasteiger partial charge in [-0.25, -0.2) is 19.8 Å². The Balaban J connectivity index is 1.34. The van der Waals surface area contributed by atoms with Crippen LogP contribution in [0.15, 0.2) is 65.9 Å². The number of piperidine rings is 1. The van der Waals surface area contributed by atoms with Gasteiger partial charge in [0.1, 0.15) is 5.75 Å². The van der Waals surface area contributed by atoms with E-state index in [1.54, 1.807) is 30.3 Å². The highest BCUT2D eigenvalue weighted by Gasteiger charge is 2.31. The summed E-state index contributed by atoms with van der Waals surface area (Å²) in [5.41, 5.74) is 4.51. The van der Waals surface area contributed by atoms with Gasteiger partial charge < -0.3 is 15.3 Å². The fourth-order valence-electron chi connectivity index (χ4n) is 4.74. The minimum absolute atomic E-state index is 0.0444. The molecular weight excluding hydrogens is 550 g/mol. The van der Waals surface area contributed by atoms with Crippen LogP contribution in [0.25, 0.3) is 11.1 Å². The lowest BCUT2D eigenvalue weighted by Crippen LogP contribution is -2.31. The molecule has 1 fully saturated rings. The number of rotatable bonds is 8. The van der Waals surface area contributed by atoms with E-state index in [4.69, 9.17) is 0 Å². The molecule has 4 aromatic rings. The van der Waals surface area contributed by atoms with E-state index in [-0.39, 0.29) is 23.2 Å². The summed E-state index contributed by atoms with van der Waals surface area (Å²) in [6.45, 7) is 3.35. The average Bonchev–Trinajstić information content (AvgIpc) is 2.98. The van der Waals surface area contributed by atoms with Gasteiger partial charge in [0, 0.05) is 18.8 Å². The molecule has 1 aliphatic heterocycles. The summed E-state index contributed by atoms with van der Waals surface area (Å²) < 4.78 is 55.5. The summed E-state index contributed by atoms with van der Waals surface area (Å²) >= 11 is 0. The molecule has 8 nitrogen and oxygen atoms in total. The Morgan fingerprint density at radius 1 is 1.00 bits per heavy atom. The largest absolute Gasteiger partial charge is 0.508 e. The third kappa shape index (κ3) is 6.93. The second-order valence-electron chi connectivity index (χ2n) is 9.84. The van der Waals surface area contributed by atoms with Crippen molar-refractivity contribution in [2.45, 2.75) is 38.8 Å². The van der Waals surface area contributed by atoms with Crippen LogP contribution < -0.4 is 15.6 Å². The zero-order chi connectivity index (χ0) is 29.7. The molecular formula is C30H29F4N7O. The number of alkyl halides is 3. The number of hydrogen-bond acceptors (Lipinski definition) is 8. The topological polar surface area (TPSA) is 98.6 Å². The molecule has 0 spiro atoms. The van der Waals surface area contributed by atoms with Gasteiger partial charge in [0.25, 0.3) is 0 Å². The molecule has 3 N–H and O–H groups in total. The summed E-state index contributed by atoms with van der Waals surface area (Å²) in [7, 11) is 0. The number of hydrogen-bond donors (Lipinski definition) is 3. The number of aromatic nitrogens is 3. The van der Waals surface area contributed by atoms with Gasteiger partial charge in [0.05, 0.1) is 35.1 Å². The van der Waals surface area contributed by atoms with E-state index in [0.717, 1.165) is 50.7 Å². The molecule has 0 bridgehead atoms. The number of phenols is 1. The quantitative estimate of drug-likeness (QED) is 0.116. The number of nitrogens with one attached hydrogen (secondary N) is 2.